The number of carbonyl (C=O) groups is 1. The average molecular weight is 394 g/mol. The van der Waals surface area contributed by atoms with Crippen LogP contribution in [0, 0.1) is 0 Å². The molecule has 0 saturated heterocycles. The lowest BCUT2D eigenvalue weighted by atomic mass is 10.3. The number of carboxylic acid groups (broad SMARTS) is 1. The molecular weight excluding hydrogens is 370 g/mol. The van der Waals surface area contributed by atoms with Gasteiger partial charge in [-0.25, -0.2) is 0 Å². The van der Waals surface area contributed by atoms with Gasteiger partial charge in [0.25, 0.3) is 0 Å². The maximum atomic E-state index is 10.8. The number of hydrogen-bond donors (Lipinski definition) is 1. The lowest BCUT2D eigenvalue weighted by Gasteiger charge is -2.17. The Labute approximate surface area is 164 Å². The molecule has 1 N–H and O–H groups in total. The van der Waals surface area contributed by atoms with Gasteiger partial charge >= 0.3 is 5.97 Å². The summed E-state index contributed by atoms with van der Waals surface area (Å²) in [4.78, 5) is 14.9. The van der Waals surface area contributed by atoms with Gasteiger partial charge in [-0.05, 0) is 62.3 Å². The molecule has 0 unspecified atom stereocenters. The predicted octanol–water partition coefficient (Wildman–Crippen LogP) is 5.06. The van der Waals surface area contributed by atoms with E-state index in [1.165, 1.54) is 0 Å². The number of aliphatic carboxylic acids is 1. The Kier molecular flexibility index (Phi) is 8.81. The second-order valence-corrected chi connectivity index (χ2v) is 7.37. The largest absolute Gasteiger partial charge is 0.492 e. The fraction of sp³-hybridized carbons (Fsp3) is 0.350. The highest BCUT2D eigenvalue weighted by molar-refractivity contribution is 7.99. The molecule has 4 nitrogen and oxygen atoms in total. The Bertz CT molecular complexity index is 694. The molecule has 2 aromatic rings. The van der Waals surface area contributed by atoms with Crippen LogP contribution < -0.4 is 4.74 Å². The van der Waals surface area contributed by atoms with Gasteiger partial charge in [-0.2, -0.15) is 0 Å². The van der Waals surface area contributed by atoms with Crippen LogP contribution in [0.25, 0.3) is 0 Å². The first-order chi connectivity index (χ1) is 12.6. The summed E-state index contributed by atoms with van der Waals surface area (Å²) in [5.41, 5.74) is 0. The van der Waals surface area contributed by atoms with Gasteiger partial charge < -0.3 is 9.84 Å². The van der Waals surface area contributed by atoms with Gasteiger partial charge in [0.15, 0.2) is 0 Å². The van der Waals surface area contributed by atoms with Crippen LogP contribution in [0.4, 0.5) is 0 Å². The first-order valence-electron chi connectivity index (χ1n) is 8.68. The number of rotatable bonds is 11. The Balaban J connectivity index is 1.81. The highest BCUT2D eigenvalue weighted by atomic mass is 35.5. The molecule has 0 amide bonds. The van der Waals surface area contributed by atoms with Crippen LogP contribution >= 0.6 is 23.4 Å². The summed E-state index contributed by atoms with van der Waals surface area (Å²) in [5, 5.41) is 9.58. The zero-order chi connectivity index (χ0) is 18.8. The van der Waals surface area contributed by atoms with Gasteiger partial charge in [0.05, 0.1) is 18.0 Å². The number of para-hydroxylation sites is 1. The summed E-state index contributed by atoms with van der Waals surface area (Å²) < 4.78 is 5.95. The lowest BCUT2D eigenvalue weighted by molar-refractivity contribution is -0.138. The minimum atomic E-state index is -0.781. The molecule has 0 aliphatic heterocycles. The Hall–Kier alpha value is -1.69. The van der Waals surface area contributed by atoms with Crippen molar-refractivity contribution in [3.8, 4) is 5.75 Å². The average Bonchev–Trinajstić information content (AvgIpc) is 2.63. The van der Waals surface area contributed by atoms with Crippen molar-refractivity contribution in [2.24, 2.45) is 0 Å². The SMILES string of the molecule is CCN(CCCCOc1ccccc1Sc1ccc(Cl)cc1)CC(=O)O. The second kappa shape index (κ2) is 11.1. The van der Waals surface area contributed by atoms with Crippen molar-refractivity contribution in [1.29, 1.82) is 0 Å². The molecule has 0 bridgehead atoms. The Morgan fingerprint density at radius 1 is 1.15 bits per heavy atom. The number of likely N-dealkylation sites (N-methyl/N-ethyl adjacent to an activating group) is 1. The third-order valence-electron chi connectivity index (χ3n) is 3.82. The minimum absolute atomic E-state index is 0.0952. The van der Waals surface area contributed by atoms with Crippen molar-refractivity contribution in [3.05, 3.63) is 53.6 Å². The molecule has 2 rings (SSSR count). The molecule has 0 aliphatic rings. The topological polar surface area (TPSA) is 49.8 Å². The van der Waals surface area contributed by atoms with Gasteiger partial charge in [-0.1, -0.05) is 42.4 Å². The summed E-state index contributed by atoms with van der Waals surface area (Å²) in [6.07, 6.45) is 1.80. The van der Waals surface area contributed by atoms with Crippen LogP contribution in [0.15, 0.2) is 58.3 Å². The lowest BCUT2D eigenvalue weighted by Crippen LogP contribution is -2.30. The fourth-order valence-electron chi connectivity index (χ4n) is 2.44. The Morgan fingerprint density at radius 2 is 1.88 bits per heavy atom. The maximum absolute atomic E-state index is 10.8. The van der Waals surface area contributed by atoms with E-state index in [0.717, 1.165) is 46.5 Å². The molecule has 0 aliphatic carbocycles. The van der Waals surface area contributed by atoms with Crippen LogP contribution in [0.2, 0.25) is 5.02 Å². The molecule has 0 fully saturated rings. The number of ether oxygens (including phenoxy) is 1. The van der Waals surface area contributed by atoms with Crippen molar-refractivity contribution in [2.45, 2.75) is 29.6 Å². The van der Waals surface area contributed by atoms with E-state index in [2.05, 4.69) is 0 Å². The van der Waals surface area contributed by atoms with E-state index in [1.54, 1.807) is 11.8 Å². The summed E-state index contributed by atoms with van der Waals surface area (Å²) in [5.74, 6) is 0.0848. The Morgan fingerprint density at radius 3 is 2.58 bits per heavy atom. The van der Waals surface area contributed by atoms with Crippen LogP contribution in [0.3, 0.4) is 0 Å². The van der Waals surface area contributed by atoms with Crippen molar-refractivity contribution in [2.75, 3.05) is 26.2 Å². The molecule has 140 valence electrons. The van der Waals surface area contributed by atoms with Crippen LogP contribution in [0.5, 0.6) is 5.75 Å². The van der Waals surface area contributed by atoms with Gasteiger partial charge in [0.2, 0.25) is 0 Å². The molecule has 26 heavy (non-hydrogen) atoms. The van der Waals surface area contributed by atoms with Crippen molar-refractivity contribution in [3.63, 3.8) is 0 Å². The van der Waals surface area contributed by atoms with Crippen LogP contribution in [-0.4, -0.2) is 42.2 Å². The van der Waals surface area contributed by atoms with Crippen LogP contribution in [0.1, 0.15) is 19.8 Å². The van der Waals surface area contributed by atoms with E-state index in [0.29, 0.717) is 6.61 Å². The summed E-state index contributed by atoms with van der Waals surface area (Å²) in [7, 11) is 0. The van der Waals surface area contributed by atoms with Gasteiger partial charge in [0, 0.05) is 9.92 Å². The molecular formula is C20H24ClNO3S. The zero-order valence-electron chi connectivity index (χ0n) is 14.9. The highest BCUT2D eigenvalue weighted by Gasteiger charge is 2.08. The molecule has 0 saturated carbocycles. The second-order valence-electron chi connectivity index (χ2n) is 5.82. The number of benzene rings is 2. The van der Waals surface area contributed by atoms with Gasteiger partial charge in [0.1, 0.15) is 5.75 Å². The third kappa shape index (κ3) is 7.28. The van der Waals surface area contributed by atoms with Crippen molar-refractivity contribution < 1.29 is 14.6 Å². The number of nitrogens with zero attached hydrogens (tertiary/aromatic N) is 1. The van der Waals surface area contributed by atoms with E-state index >= 15 is 0 Å². The van der Waals surface area contributed by atoms with Crippen molar-refractivity contribution >= 4 is 29.3 Å². The number of carboxylic acids is 1. The molecule has 2 aromatic carbocycles. The first-order valence-corrected chi connectivity index (χ1v) is 9.87. The number of hydrogen-bond acceptors (Lipinski definition) is 4. The number of unbranched alkanes of at least 4 members (excludes halogenated alkanes) is 1. The maximum Gasteiger partial charge on any atom is 0.317 e. The smallest absolute Gasteiger partial charge is 0.317 e. The summed E-state index contributed by atoms with van der Waals surface area (Å²) in [6.45, 7) is 4.20. The molecule has 0 radical (unpaired) electrons. The standard InChI is InChI=1S/C20H24ClNO3S/c1-2-22(15-20(23)24)13-5-6-14-25-18-7-3-4-8-19(18)26-17-11-9-16(21)10-12-17/h3-4,7-12H,2,5-6,13-15H2,1H3,(H,23,24). The van der Waals surface area contributed by atoms with Crippen LogP contribution in [-0.2, 0) is 4.79 Å². The molecule has 0 heterocycles. The quantitative estimate of drug-likeness (QED) is 0.541. The predicted molar refractivity (Wildman–Crippen MR) is 106 cm³/mol. The third-order valence-corrected chi connectivity index (χ3v) is 5.14. The molecule has 0 aromatic heterocycles. The highest BCUT2D eigenvalue weighted by Crippen LogP contribution is 2.35. The summed E-state index contributed by atoms with van der Waals surface area (Å²) >= 11 is 7.58. The van der Waals surface area contributed by atoms with Crippen molar-refractivity contribution in [1.82, 2.24) is 4.90 Å². The molecule has 6 heteroatoms. The minimum Gasteiger partial charge on any atom is -0.492 e. The fourth-order valence-corrected chi connectivity index (χ4v) is 3.47. The van der Waals surface area contributed by atoms with Gasteiger partial charge in [-0.3, -0.25) is 9.69 Å². The number of halogens is 1. The molecule has 0 spiro atoms. The molecule has 0 atom stereocenters. The van der Waals surface area contributed by atoms with E-state index in [-0.39, 0.29) is 6.54 Å². The summed E-state index contributed by atoms with van der Waals surface area (Å²) in [6, 6.07) is 15.7. The van der Waals surface area contributed by atoms with E-state index in [9.17, 15) is 4.79 Å². The normalized spacial score (nSPS) is 10.9. The monoisotopic (exact) mass is 393 g/mol. The van der Waals surface area contributed by atoms with E-state index in [1.807, 2.05) is 60.4 Å². The zero-order valence-corrected chi connectivity index (χ0v) is 16.4. The first kappa shape index (κ1) is 20.6. The van der Waals surface area contributed by atoms with E-state index < -0.39 is 5.97 Å². The van der Waals surface area contributed by atoms with E-state index in [4.69, 9.17) is 21.4 Å². The van der Waals surface area contributed by atoms with Gasteiger partial charge in [-0.15, -0.1) is 0 Å².